The minimum absolute atomic E-state index is 0.00714. The van der Waals surface area contributed by atoms with E-state index in [0.717, 1.165) is 5.56 Å². The Kier molecular flexibility index (Phi) is 6.25. The third kappa shape index (κ3) is 4.87. The predicted molar refractivity (Wildman–Crippen MR) is 98.3 cm³/mol. The zero-order valence-electron chi connectivity index (χ0n) is 14.6. The summed E-state index contributed by atoms with van der Waals surface area (Å²) in [6.45, 7) is 5.91. The maximum atomic E-state index is 12.5. The Balaban J connectivity index is 2.10. The van der Waals surface area contributed by atoms with Gasteiger partial charge in [0.15, 0.2) is 0 Å². The van der Waals surface area contributed by atoms with Crippen molar-refractivity contribution in [1.82, 2.24) is 5.32 Å². The van der Waals surface area contributed by atoms with E-state index in [1.807, 2.05) is 30.3 Å². The van der Waals surface area contributed by atoms with E-state index in [-0.39, 0.29) is 29.2 Å². The second-order valence-corrected chi connectivity index (χ2v) is 6.28. The molecule has 0 saturated heterocycles. The molecule has 0 spiro atoms. The zero-order valence-corrected chi connectivity index (χ0v) is 14.6. The second-order valence-electron chi connectivity index (χ2n) is 6.28. The number of carbonyl (C=O) groups is 1. The number of carbonyl (C=O) groups excluding carboxylic acids is 1. The fourth-order valence-corrected chi connectivity index (χ4v) is 2.66. The van der Waals surface area contributed by atoms with Crippen molar-refractivity contribution >= 4 is 17.3 Å². The molecule has 2 N–H and O–H groups in total. The van der Waals surface area contributed by atoms with E-state index in [2.05, 4.69) is 24.5 Å². The normalized spacial score (nSPS) is 13.3. The predicted octanol–water partition coefficient (Wildman–Crippen LogP) is 3.91. The maximum Gasteiger partial charge on any atom is 0.292 e. The molecule has 2 aromatic carbocycles. The van der Waals surface area contributed by atoms with Crippen LogP contribution >= 0.6 is 0 Å². The number of benzene rings is 2. The van der Waals surface area contributed by atoms with Crippen molar-refractivity contribution in [3.63, 3.8) is 0 Å². The Morgan fingerprint density at radius 3 is 2.20 bits per heavy atom. The second kappa shape index (κ2) is 8.39. The molecule has 2 rings (SSSR count). The molecule has 0 fully saturated rings. The standard InChI is InChI=1S/C19H23N3O3/c1-13(2)18(15-9-5-4-6-10-15)20-14(3)19(23)21-16-11-7-8-12-17(16)22(24)25/h4-14,18,20H,1-3H3,(H,21,23)/t14-,18-/m0/s1. The topological polar surface area (TPSA) is 84.3 Å². The number of nitrogens with one attached hydrogen (secondary N) is 2. The quantitative estimate of drug-likeness (QED) is 0.591. The Labute approximate surface area is 147 Å². The van der Waals surface area contributed by atoms with E-state index in [1.165, 1.54) is 12.1 Å². The zero-order chi connectivity index (χ0) is 18.4. The summed E-state index contributed by atoms with van der Waals surface area (Å²) in [6, 6.07) is 15.5. The van der Waals surface area contributed by atoms with Crippen LogP contribution in [0.25, 0.3) is 0 Å². The van der Waals surface area contributed by atoms with Crippen molar-refractivity contribution in [3.8, 4) is 0 Å². The van der Waals surface area contributed by atoms with Crippen molar-refractivity contribution in [1.29, 1.82) is 0 Å². The van der Waals surface area contributed by atoms with Crippen LogP contribution in [0.3, 0.4) is 0 Å². The van der Waals surface area contributed by atoms with Gasteiger partial charge in [0.25, 0.3) is 5.69 Å². The average molecular weight is 341 g/mol. The van der Waals surface area contributed by atoms with Crippen LogP contribution in [-0.2, 0) is 4.79 Å². The van der Waals surface area contributed by atoms with Crippen molar-refractivity contribution in [2.75, 3.05) is 5.32 Å². The first-order valence-corrected chi connectivity index (χ1v) is 8.25. The highest BCUT2D eigenvalue weighted by atomic mass is 16.6. The van der Waals surface area contributed by atoms with Crippen molar-refractivity contribution in [2.45, 2.75) is 32.9 Å². The molecule has 0 aliphatic heterocycles. The molecule has 0 aliphatic carbocycles. The molecule has 6 heteroatoms. The number of amides is 1. The minimum Gasteiger partial charge on any atom is -0.319 e. The van der Waals surface area contributed by atoms with Crippen LogP contribution < -0.4 is 10.6 Å². The van der Waals surface area contributed by atoms with Crippen molar-refractivity contribution in [2.24, 2.45) is 5.92 Å². The maximum absolute atomic E-state index is 12.5. The van der Waals surface area contributed by atoms with Crippen LogP contribution in [0, 0.1) is 16.0 Å². The Morgan fingerprint density at radius 1 is 1.00 bits per heavy atom. The van der Waals surface area contributed by atoms with E-state index in [4.69, 9.17) is 0 Å². The van der Waals surface area contributed by atoms with Gasteiger partial charge >= 0.3 is 0 Å². The molecule has 0 unspecified atom stereocenters. The number of nitro groups is 1. The van der Waals surface area contributed by atoms with Crippen LogP contribution in [0.5, 0.6) is 0 Å². The third-order valence-electron chi connectivity index (χ3n) is 4.01. The number of anilines is 1. The monoisotopic (exact) mass is 341 g/mol. The average Bonchev–Trinajstić information content (AvgIpc) is 2.60. The van der Waals surface area contributed by atoms with Crippen LogP contribution in [0.4, 0.5) is 11.4 Å². The van der Waals surface area contributed by atoms with E-state index >= 15 is 0 Å². The van der Waals surface area contributed by atoms with E-state index in [9.17, 15) is 14.9 Å². The summed E-state index contributed by atoms with van der Waals surface area (Å²) in [5.41, 5.74) is 1.18. The van der Waals surface area contributed by atoms with E-state index in [0.29, 0.717) is 0 Å². The van der Waals surface area contributed by atoms with Crippen LogP contribution in [0.2, 0.25) is 0 Å². The summed E-state index contributed by atoms with van der Waals surface area (Å²) >= 11 is 0. The SMILES string of the molecule is CC(C)[C@H](N[C@@H](C)C(=O)Nc1ccccc1[N+](=O)[O-])c1ccccc1. The van der Waals surface area contributed by atoms with Gasteiger partial charge in [-0.05, 0) is 24.5 Å². The lowest BCUT2D eigenvalue weighted by Crippen LogP contribution is -2.41. The van der Waals surface area contributed by atoms with Crippen LogP contribution in [0.15, 0.2) is 54.6 Å². The summed E-state index contributed by atoms with van der Waals surface area (Å²) < 4.78 is 0. The van der Waals surface area contributed by atoms with Gasteiger partial charge in [-0.15, -0.1) is 0 Å². The molecule has 25 heavy (non-hydrogen) atoms. The van der Waals surface area contributed by atoms with Crippen molar-refractivity contribution < 1.29 is 9.72 Å². The Bertz CT molecular complexity index is 732. The largest absolute Gasteiger partial charge is 0.319 e. The highest BCUT2D eigenvalue weighted by Gasteiger charge is 2.23. The highest BCUT2D eigenvalue weighted by Crippen LogP contribution is 2.24. The van der Waals surface area contributed by atoms with Gasteiger partial charge in [-0.1, -0.05) is 56.3 Å². The van der Waals surface area contributed by atoms with Gasteiger partial charge in [0.2, 0.25) is 5.91 Å². The smallest absolute Gasteiger partial charge is 0.292 e. The number of rotatable bonds is 7. The summed E-state index contributed by atoms with van der Waals surface area (Å²) in [7, 11) is 0. The molecular weight excluding hydrogens is 318 g/mol. The number of hydrogen-bond acceptors (Lipinski definition) is 4. The summed E-state index contributed by atoms with van der Waals surface area (Å²) in [4.78, 5) is 23.0. The number of para-hydroxylation sites is 2. The highest BCUT2D eigenvalue weighted by molar-refractivity contribution is 5.96. The number of nitro benzene ring substituents is 1. The summed E-state index contributed by atoms with van der Waals surface area (Å²) in [6.07, 6.45) is 0. The molecular formula is C19H23N3O3. The first-order chi connectivity index (χ1) is 11.9. The molecule has 132 valence electrons. The molecule has 0 radical (unpaired) electrons. The molecule has 2 aromatic rings. The minimum atomic E-state index is -0.507. The van der Waals surface area contributed by atoms with Crippen LogP contribution in [0.1, 0.15) is 32.4 Å². The number of hydrogen-bond donors (Lipinski definition) is 2. The van der Waals surface area contributed by atoms with E-state index in [1.54, 1.807) is 19.1 Å². The van der Waals surface area contributed by atoms with Crippen LogP contribution in [-0.4, -0.2) is 16.9 Å². The molecule has 1 amide bonds. The van der Waals surface area contributed by atoms with E-state index < -0.39 is 11.0 Å². The molecule has 6 nitrogen and oxygen atoms in total. The molecule has 2 atom stereocenters. The van der Waals surface area contributed by atoms with Gasteiger partial charge in [0.1, 0.15) is 5.69 Å². The lowest BCUT2D eigenvalue weighted by molar-refractivity contribution is -0.383. The lowest BCUT2D eigenvalue weighted by Gasteiger charge is -2.26. The van der Waals surface area contributed by atoms with Gasteiger partial charge in [-0.2, -0.15) is 0 Å². The van der Waals surface area contributed by atoms with Gasteiger partial charge in [-0.25, -0.2) is 0 Å². The first kappa shape index (κ1) is 18.6. The molecule has 0 saturated carbocycles. The third-order valence-corrected chi connectivity index (χ3v) is 4.01. The summed E-state index contributed by atoms with van der Waals surface area (Å²) in [5.74, 6) is -0.0282. The fraction of sp³-hybridized carbons (Fsp3) is 0.316. The lowest BCUT2D eigenvalue weighted by atomic mass is 9.95. The fourth-order valence-electron chi connectivity index (χ4n) is 2.66. The molecule has 0 heterocycles. The van der Waals surface area contributed by atoms with Gasteiger partial charge < -0.3 is 5.32 Å². The molecule has 0 aliphatic rings. The molecule has 0 aromatic heterocycles. The molecule has 0 bridgehead atoms. The van der Waals surface area contributed by atoms with Crippen molar-refractivity contribution in [3.05, 3.63) is 70.3 Å². The summed E-state index contributed by atoms with van der Waals surface area (Å²) in [5, 5.41) is 17.0. The Morgan fingerprint density at radius 2 is 1.60 bits per heavy atom. The number of nitrogens with zero attached hydrogens (tertiary/aromatic N) is 1. The first-order valence-electron chi connectivity index (χ1n) is 8.25. The van der Waals surface area contributed by atoms with Gasteiger partial charge in [-0.3, -0.25) is 20.2 Å². The Hall–Kier alpha value is -2.73. The van der Waals surface area contributed by atoms with Gasteiger partial charge in [0, 0.05) is 12.1 Å². The van der Waals surface area contributed by atoms with Gasteiger partial charge in [0.05, 0.1) is 11.0 Å².